The lowest BCUT2D eigenvalue weighted by atomic mass is 9.94. The molecule has 2 rings (SSSR count). The number of ether oxygens (including phenoxy) is 1. The minimum Gasteiger partial charge on any atom is -0.494 e. The van der Waals surface area contributed by atoms with Crippen LogP contribution in [0.2, 0.25) is 0 Å². The van der Waals surface area contributed by atoms with E-state index in [1.807, 2.05) is 12.1 Å². The average molecular weight is 303 g/mol. The summed E-state index contributed by atoms with van der Waals surface area (Å²) < 4.78 is 5.77. The SMILES string of the molecule is CCC=CCCCOc1ccc([C@@H]2CC[C@](N)(CO)C2)cc1. The van der Waals surface area contributed by atoms with Crippen LogP contribution < -0.4 is 10.5 Å². The Labute approximate surface area is 134 Å². The van der Waals surface area contributed by atoms with E-state index in [0.29, 0.717) is 5.92 Å². The third kappa shape index (κ3) is 4.85. The summed E-state index contributed by atoms with van der Waals surface area (Å²) in [6, 6.07) is 8.37. The quantitative estimate of drug-likeness (QED) is 0.568. The zero-order chi connectivity index (χ0) is 15.8. The van der Waals surface area contributed by atoms with Gasteiger partial charge in [-0.15, -0.1) is 0 Å². The van der Waals surface area contributed by atoms with E-state index in [0.717, 1.165) is 50.9 Å². The van der Waals surface area contributed by atoms with Gasteiger partial charge < -0.3 is 15.6 Å². The first-order chi connectivity index (χ1) is 10.7. The van der Waals surface area contributed by atoms with Crippen molar-refractivity contribution in [3.8, 4) is 5.75 Å². The minimum atomic E-state index is -0.383. The van der Waals surface area contributed by atoms with Crippen molar-refractivity contribution in [1.82, 2.24) is 0 Å². The molecule has 2 atom stereocenters. The number of rotatable bonds is 8. The summed E-state index contributed by atoms with van der Waals surface area (Å²) >= 11 is 0. The number of hydrogen-bond donors (Lipinski definition) is 2. The first-order valence-electron chi connectivity index (χ1n) is 8.44. The van der Waals surface area contributed by atoms with Crippen molar-refractivity contribution in [2.45, 2.75) is 56.9 Å². The minimum absolute atomic E-state index is 0.0805. The number of benzene rings is 1. The predicted octanol–water partition coefficient (Wildman–Crippen LogP) is 3.77. The van der Waals surface area contributed by atoms with Crippen molar-refractivity contribution < 1.29 is 9.84 Å². The smallest absolute Gasteiger partial charge is 0.119 e. The summed E-state index contributed by atoms with van der Waals surface area (Å²) in [6.07, 6.45) is 10.5. The Morgan fingerprint density at radius 2 is 2.09 bits per heavy atom. The number of allylic oxidation sites excluding steroid dienone is 2. The highest BCUT2D eigenvalue weighted by Crippen LogP contribution is 2.39. The Morgan fingerprint density at radius 1 is 1.32 bits per heavy atom. The van der Waals surface area contributed by atoms with Crippen molar-refractivity contribution in [3.05, 3.63) is 42.0 Å². The van der Waals surface area contributed by atoms with Gasteiger partial charge in [-0.25, -0.2) is 0 Å². The van der Waals surface area contributed by atoms with Crippen LogP contribution in [-0.4, -0.2) is 23.9 Å². The predicted molar refractivity (Wildman–Crippen MR) is 91.2 cm³/mol. The van der Waals surface area contributed by atoms with Crippen molar-refractivity contribution in [1.29, 1.82) is 0 Å². The summed E-state index contributed by atoms with van der Waals surface area (Å²) in [4.78, 5) is 0. The second-order valence-electron chi connectivity index (χ2n) is 6.40. The molecule has 0 aromatic heterocycles. The molecule has 122 valence electrons. The normalized spacial score (nSPS) is 25.0. The molecule has 0 unspecified atom stereocenters. The maximum Gasteiger partial charge on any atom is 0.119 e. The summed E-state index contributed by atoms with van der Waals surface area (Å²) in [6.45, 7) is 2.98. The van der Waals surface area contributed by atoms with E-state index < -0.39 is 0 Å². The van der Waals surface area contributed by atoms with Gasteiger partial charge in [-0.1, -0.05) is 31.2 Å². The largest absolute Gasteiger partial charge is 0.494 e. The Kier molecular flexibility index (Phi) is 6.47. The molecule has 0 aliphatic heterocycles. The maximum atomic E-state index is 9.36. The van der Waals surface area contributed by atoms with E-state index in [-0.39, 0.29) is 12.1 Å². The third-order valence-electron chi connectivity index (χ3n) is 4.50. The molecule has 0 spiro atoms. The topological polar surface area (TPSA) is 55.5 Å². The first kappa shape index (κ1) is 17.0. The van der Waals surface area contributed by atoms with Gasteiger partial charge in [0.15, 0.2) is 0 Å². The van der Waals surface area contributed by atoms with Gasteiger partial charge in [0, 0.05) is 5.54 Å². The molecular weight excluding hydrogens is 274 g/mol. The van der Waals surface area contributed by atoms with Crippen molar-refractivity contribution in [2.75, 3.05) is 13.2 Å². The molecule has 0 amide bonds. The van der Waals surface area contributed by atoms with Gasteiger partial charge in [0.2, 0.25) is 0 Å². The lowest BCUT2D eigenvalue weighted by Crippen LogP contribution is -2.40. The molecule has 1 saturated carbocycles. The lowest BCUT2D eigenvalue weighted by molar-refractivity contribution is 0.198. The molecular formula is C19H29NO2. The van der Waals surface area contributed by atoms with Crippen LogP contribution in [0.3, 0.4) is 0 Å². The van der Waals surface area contributed by atoms with Crippen LogP contribution in [0, 0.1) is 0 Å². The Hall–Kier alpha value is -1.32. The molecule has 1 aliphatic rings. The van der Waals surface area contributed by atoms with Crippen molar-refractivity contribution >= 4 is 0 Å². The van der Waals surface area contributed by atoms with E-state index >= 15 is 0 Å². The van der Waals surface area contributed by atoms with Gasteiger partial charge >= 0.3 is 0 Å². The first-order valence-corrected chi connectivity index (χ1v) is 8.44. The van der Waals surface area contributed by atoms with E-state index in [2.05, 4.69) is 31.2 Å². The van der Waals surface area contributed by atoms with Crippen LogP contribution in [0.4, 0.5) is 0 Å². The maximum absolute atomic E-state index is 9.36. The zero-order valence-corrected chi connectivity index (χ0v) is 13.6. The summed E-state index contributed by atoms with van der Waals surface area (Å²) in [5, 5.41) is 9.36. The van der Waals surface area contributed by atoms with Gasteiger partial charge in [-0.3, -0.25) is 0 Å². The number of aliphatic hydroxyl groups excluding tert-OH is 1. The summed E-state index contributed by atoms with van der Waals surface area (Å²) in [7, 11) is 0. The summed E-state index contributed by atoms with van der Waals surface area (Å²) in [5.74, 6) is 1.40. The monoisotopic (exact) mass is 303 g/mol. The van der Waals surface area contributed by atoms with Crippen LogP contribution in [0.5, 0.6) is 5.75 Å². The second-order valence-corrected chi connectivity index (χ2v) is 6.40. The van der Waals surface area contributed by atoms with Crippen LogP contribution in [0.15, 0.2) is 36.4 Å². The fourth-order valence-corrected chi connectivity index (χ4v) is 3.10. The molecule has 1 aliphatic carbocycles. The molecule has 0 radical (unpaired) electrons. The Morgan fingerprint density at radius 3 is 2.73 bits per heavy atom. The van der Waals surface area contributed by atoms with Crippen molar-refractivity contribution in [3.63, 3.8) is 0 Å². The number of nitrogens with two attached hydrogens (primary N) is 1. The number of hydrogen-bond acceptors (Lipinski definition) is 3. The molecule has 1 aromatic carbocycles. The molecule has 1 aromatic rings. The van der Waals surface area contributed by atoms with Gasteiger partial charge in [0.05, 0.1) is 13.2 Å². The van der Waals surface area contributed by atoms with Gasteiger partial charge in [-0.2, -0.15) is 0 Å². The van der Waals surface area contributed by atoms with Crippen LogP contribution >= 0.6 is 0 Å². The average Bonchev–Trinajstić information content (AvgIpc) is 2.94. The molecule has 0 bridgehead atoms. The molecule has 3 nitrogen and oxygen atoms in total. The van der Waals surface area contributed by atoms with E-state index in [4.69, 9.17) is 10.5 Å². The molecule has 3 N–H and O–H groups in total. The van der Waals surface area contributed by atoms with Crippen LogP contribution in [0.25, 0.3) is 0 Å². The number of unbranched alkanes of at least 4 members (excludes halogenated alkanes) is 1. The van der Waals surface area contributed by atoms with Gasteiger partial charge in [-0.05, 0) is 62.1 Å². The lowest BCUT2D eigenvalue weighted by Gasteiger charge is -2.21. The Bertz CT molecular complexity index is 469. The number of aliphatic hydroxyl groups is 1. The molecule has 3 heteroatoms. The molecule has 22 heavy (non-hydrogen) atoms. The standard InChI is InChI=1S/C19H29NO2/c1-2-3-4-5-6-13-22-18-9-7-16(8-10-18)17-11-12-19(20,14-17)15-21/h3-4,7-10,17,21H,2,5-6,11-15,20H2,1H3/t17-,19-/m1/s1. The Balaban J connectivity index is 1.77. The molecule has 0 saturated heterocycles. The van der Waals surface area contributed by atoms with E-state index in [1.165, 1.54) is 5.56 Å². The molecule has 1 fully saturated rings. The van der Waals surface area contributed by atoms with Crippen LogP contribution in [0.1, 0.15) is 56.9 Å². The fraction of sp³-hybridized carbons (Fsp3) is 0.579. The van der Waals surface area contributed by atoms with Crippen LogP contribution in [-0.2, 0) is 0 Å². The van der Waals surface area contributed by atoms with Gasteiger partial charge in [0.25, 0.3) is 0 Å². The van der Waals surface area contributed by atoms with Gasteiger partial charge in [0.1, 0.15) is 5.75 Å². The highest BCUT2D eigenvalue weighted by Gasteiger charge is 2.35. The van der Waals surface area contributed by atoms with E-state index in [9.17, 15) is 5.11 Å². The zero-order valence-electron chi connectivity index (χ0n) is 13.6. The highest BCUT2D eigenvalue weighted by atomic mass is 16.5. The fourth-order valence-electron chi connectivity index (χ4n) is 3.10. The second kappa shape index (κ2) is 8.35. The third-order valence-corrected chi connectivity index (χ3v) is 4.50. The highest BCUT2D eigenvalue weighted by molar-refractivity contribution is 5.30. The molecule has 0 heterocycles. The van der Waals surface area contributed by atoms with E-state index in [1.54, 1.807) is 0 Å². The summed E-state index contributed by atoms with van der Waals surface area (Å²) in [5.41, 5.74) is 7.07. The van der Waals surface area contributed by atoms with Crippen molar-refractivity contribution in [2.24, 2.45) is 5.73 Å².